The smallest absolute Gasteiger partial charge is 0.168 e. The number of pyridine rings is 1. The minimum Gasteiger partial charge on any atom is -0.484 e. The number of hydrogen-bond acceptors (Lipinski definition) is 3. The Hall–Kier alpha value is -2.16. The molecule has 0 saturated heterocycles. The fourth-order valence-electron chi connectivity index (χ4n) is 1.53. The molecule has 0 N–H and O–H groups in total. The average Bonchev–Trinajstić information content (AvgIpc) is 2.40. The molecule has 2 rings (SSSR count). The Balaban J connectivity index is 2.07. The maximum atomic E-state index is 10.5. The summed E-state index contributed by atoms with van der Waals surface area (Å²) in [6.45, 7) is 1.98. The maximum Gasteiger partial charge on any atom is 0.168 e. The molecule has 1 atom stereocenters. The minimum atomic E-state index is -0.0416. The molecule has 0 fully saturated rings. The molecule has 3 heteroatoms. The lowest BCUT2D eigenvalue weighted by atomic mass is 10.1. The zero-order chi connectivity index (χ0) is 12.1. The highest BCUT2D eigenvalue weighted by molar-refractivity contribution is 5.71. The van der Waals surface area contributed by atoms with E-state index >= 15 is 0 Å². The lowest BCUT2D eigenvalue weighted by Crippen LogP contribution is -2.03. The summed E-state index contributed by atoms with van der Waals surface area (Å²) in [5.41, 5.74) is 1.51. The van der Waals surface area contributed by atoms with E-state index in [0.29, 0.717) is 17.7 Å². The minimum absolute atomic E-state index is 0.0416. The predicted molar refractivity (Wildman–Crippen MR) is 65.1 cm³/mol. The van der Waals surface area contributed by atoms with Gasteiger partial charge in [-0.15, -0.1) is 0 Å². The number of aldehydes is 1. The number of nitrogens with zero attached hydrogens (tertiary/aromatic N) is 1. The second kappa shape index (κ2) is 5.25. The van der Waals surface area contributed by atoms with Gasteiger partial charge in [-0.05, 0) is 24.6 Å². The van der Waals surface area contributed by atoms with Crippen molar-refractivity contribution in [1.82, 2.24) is 4.98 Å². The van der Waals surface area contributed by atoms with E-state index in [2.05, 4.69) is 4.98 Å². The van der Waals surface area contributed by atoms with Crippen LogP contribution in [0.1, 0.15) is 29.1 Å². The molecule has 0 aliphatic heterocycles. The van der Waals surface area contributed by atoms with Gasteiger partial charge in [-0.3, -0.25) is 4.79 Å². The Labute approximate surface area is 100 Å². The summed E-state index contributed by atoms with van der Waals surface area (Å²) in [4.78, 5) is 14.4. The molecule has 1 heterocycles. The van der Waals surface area contributed by atoms with Crippen LogP contribution in [0.25, 0.3) is 0 Å². The average molecular weight is 227 g/mol. The van der Waals surface area contributed by atoms with Crippen LogP contribution in [0.5, 0.6) is 5.75 Å². The molecular weight excluding hydrogens is 214 g/mol. The van der Waals surface area contributed by atoms with Crippen molar-refractivity contribution >= 4 is 6.29 Å². The third-order valence-electron chi connectivity index (χ3n) is 2.46. The quantitative estimate of drug-likeness (QED) is 0.753. The van der Waals surface area contributed by atoms with Crippen molar-refractivity contribution in [2.45, 2.75) is 13.0 Å². The monoisotopic (exact) mass is 227 g/mol. The van der Waals surface area contributed by atoms with Crippen molar-refractivity contribution in [2.24, 2.45) is 0 Å². The van der Waals surface area contributed by atoms with Crippen LogP contribution in [0.4, 0.5) is 0 Å². The van der Waals surface area contributed by atoms with Crippen LogP contribution in [-0.4, -0.2) is 11.3 Å². The largest absolute Gasteiger partial charge is 0.484 e. The highest BCUT2D eigenvalue weighted by atomic mass is 16.5. The van der Waals surface area contributed by atoms with Gasteiger partial charge in [0.25, 0.3) is 0 Å². The van der Waals surface area contributed by atoms with Crippen LogP contribution >= 0.6 is 0 Å². The third kappa shape index (κ3) is 2.91. The second-order valence-electron chi connectivity index (χ2n) is 3.71. The fraction of sp³-hybridized carbons (Fsp3) is 0.143. The Morgan fingerprint density at radius 2 is 1.94 bits per heavy atom. The fourth-order valence-corrected chi connectivity index (χ4v) is 1.53. The van der Waals surface area contributed by atoms with Crippen LogP contribution in [-0.2, 0) is 0 Å². The van der Waals surface area contributed by atoms with Gasteiger partial charge < -0.3 is 4.74 Å². The number of carbonyl (C=O) groups is 1. The van der Waals surface area contributed by atoms with Crippen LogP contribution in [0.15, 0.2) is 48.7 Å². The first-order valence-corrected chi connectivity index (χ1v) is 5.42. The summed E-state index contributed by atoms with van der Waals surface area (Å²) < 4.78 is 5.72. The molecule has 17 heavy (non-hydrogen) atoms. The first-order chi connectivity index (χ1) is 8.29. The molecule has 0 amide bonds. The van der Waals surface area contributed by atoms with Gasteiger partial charge in [0.2, 0.25) is 0 Å². The van der Waals surface area contributed by atoms with Gasteiger partial charge in [-0.25, -0.2) is 4.98 Å². The van der Waals surface area contributed by atoms with Gasteiger partial charge in [-0.2, -0.15) is 0 Å². The van der Waals surface area contributed by atoms with Crippen molar-refractivity contribution in [3.63, 3.8) is 0 Å². The molecule has 0 radical (unpaired) electrons. The first-order valence-electron chi connectivity index (χ1n) is 5.42. The zero-order valence-electron chi connectivity index (χ0n) is 9.54. The van der Waals surface area contributed by atoms with E-state index in [-0.39, 0.29) is 6.10 Å². The zero-order valence-corrected chi connectivity index (χ0v) is 9.54. The Kier molecular flexibility index (Phi) is 3.50. The lowest BCUT2D eigenvalue weighted by Gasteiger charge is -2.14. The second-order valence-corrected chi connectivity index (χ2v) is 3.71. The van der Waals surface area contributed by atoms with E-state index in [4.69, 9.17) is 4.74 Å². The summed E-state index contributed by atoms with van der Waals surface area (Å²) >= 11 is 0. The van der Waals surface area contributed by atoms with Crippen molar-refractivity contribution in [3.8, 4) is 5.75 Å². The molecule has 0 aliphatic carbocycles. The van der Waals surface area contributed by atoms with Crippen LogP contribution in [0.3, 0.4) is 0 Å². The molecule has 0 spiro atoms. The Bertz CT molecular complexity index is 479. The number of ether oxygens (including phenoxy) is 1. The molecule has 1 aromatic heterocycles. The van der Waals surface area contributed by atoms with Gasteiger partial charge in [-0.1, -0.05) is 30.3 Å². The highest BCUT2D eigenvalue weighted by Crippen LogP contribution is 2.20. The first kappa shape index (κ1) is 11.3. The Morgan fingerprint density at radius 1 is 1.18 bits per heavy atom. The standard InChI is InChI=1S/C14H13NO2/c1-11(12-5-3-2-4-6-12)17-14-8-7-13(10-16)15-9-14/h2-11H,1H3. The maximum absolute atomic E-state index is 10.5. The number of benzene rings is 1. The molecule has 1 unspecified atom stereocenters. The van der Waals surface area contributed by atoms with E-state index in [1.165, 1.54) is 0 Å². The summed E-state index contributed by atoms with van der Waals surface area (Å²) in [5, 5.41) is 0. The number of hydrogen-bond donors (Lipinski definition) is 0. The van der Waals surface area contributed by atoms with Crippen LogP contribution in [0, 0.1) is 0 Å². The topological polar surface area (TPSA) is 39.2 Å². The van der Waals surface area contributed by atoms with E-state index in [0.717, 1.165) is 5.56 Å². The van der Waals surface area contributed by atoms with E-state index in [1.807, 2.05) is 37.3 Å². The third-order valence-corrected chi connectivity index (χ3v) is 2.46. The molecule has 2 aromatic rings. The molecule has 3 nitrogen and oxygen atoms in total. The van der Waals surface area contributed by atoms with Crippen molar-refractivity contribution in [2.75, 3.05) is 0 Å². The SMILES string of the molecule is CC(Oc1ccc(C=O)nc1)c1ccccc1. The summed E-state index contributed by atoms with van der Waals surface area (Å²) in [6, 6.07) is 13.3. The number of aromatic nitrogens is 1. The van der Waals surface area contributed by atoms with E-state index in [9.17, 15) is 4.79 Å². The normalized spacial score (nSPS) is 11.8. The van der Waals surface area contributed by atoms with Gasteiger partial charge in [0.15, 0.2) is 6.29 Å². The Morgan fingerprint density at radius 3 is 2.53 bits per heavy atom. The van der Waals surface area contributed by atoms with E-state index < -0.39 is 0 Å². The summed E-state index contributed by atoms with van der Waals surface area (Å²) in [5.74, 6) is 0.659. The van der Waals surface area contributed by atoms with Crippen molar-refractivity contribution in [1.29, 1.82) is 0 Å². The molecular formula is C14H13NO2. The summed E-state index contributed by atoms with van der Waals surface area (Å²) in [7, 11) is 0. The van der Waals surface area contributed by atoms with Crippen molar-refractivity contribution < 1.29 is 9.53 Å². The molecule has 86 valence electrons. The molecule has 0 saturated carbocycles. The molecule has 0 aliphatic rings. The number of rotatable bonds is 4. The highest BCUT2D eigenvalue weighted by Gasteiger charge is 2.06. The van der Waals surface area contributed by atoms with E-state index in [1.54, 1.807) is 18.3 Å². The molecule has 0 bridgehead atoms. The predicted octanol–water partition coefficient (Wildman–Crippen LogP) is 3.03. The van der Waals surface area contributed by atoms with Gasteiger partial charge in [0.05, 0.1) is 6.20 Å². The van der Waals surface area contributed by atoms with Crippen LogP contribution < -0.4 is 4.74 Å². The van der Waals surface area contributed by atoms with Gasteiger partial charge in [0.1, 0.15) is 17.5 Å². The van der Waals surface area contributed by atoms with Gasteiger partial charge >= 0.3 is 0 Å². The summed E-state index contributed by atoms with van der Waals surface area (Å²) in [6.07, 6.45) is 2.23. The molecule has 1 aromatic carbocycles. The van der Waals surface area contributed by atoms with Crippen molar-refractivity contribution in [3.05, 3.63) is 59.9 Å². The van der Waals surface area contributed by atoms with Crippen LogP contribution in [0.2, 0.25) is 0 Å². The number of carbonyl (C=O) groups excluding carboxylic acids is 1. The van der Waals surface area contributed by atoms with Gasteiger partial charge in [0, 0.05) is 0 Å². The lowest BCUT2D eigenvalue weighted by molar-refractivity contribution is 0.111.